The molecular weight excluding hydrogens is 174 g/mol. The summed E-state index contributed by atoms with van der Waals surface area (Å²) in [5.41, 5.74) is 2.20. The van der Waals surface area contributed by atoms with Crippen molar-refractivity contribution in [1.29, 1.82) is 0 Å². The van der Waals surface area contributed by atoms with E-state index in [-0.39, 0.29) is 0 Å². The van der Waals surface area contributed by atoms with Crippen LogP contribution >= 0.6 is 0 Å². The molecule has 0 fully saturated rings. The number of rotatable bonds is 7. The lowest BCUT2D eigenvalue weighted by Gasteiger charge is -2.24. The SMILES string of the molecule is C=C[Si](C)(C)CCN(CC)CCC. The van der Waals surface area contributed by atoms with Crippen LogP contribution in [0.5, 0.6) is 0 Å². The quantitative estimate of drug-likeness (QED) is 0.569. The standard InChI is InChI=1S/C11H25NSi/c1-6-9-12(7-2)10-11-13(4,5)8-3/h8H,3,6-7,9-11H2,1-2,4-5H3. The molecule has 1 nitrogen and oxygen atoms in total. The molecule has 0 atom stereocenters. The summed E-state index contributed by atoms with van der Waals surface area (Å²) in [6.07, 6.45) is 1.27. The summed E-state index contributed by atoms with van der Waals surface area (Å²) in [5, 5.41) is 0. The minimum absolute atomic E-state index is 1.06. The van der Waals surface area contributed by atoms with Gasteiger partial charge in [0.1, 0.15) is 0 Å². The van der Waals surface area contributed by atoms with E-state index in [1.54, 1.807) is 0 Å². The van der Waals surface area contributed by atoms with E-state index < -0.39 is 8.07 Å². The molecule has 0 aromatic carbocycles. The van der Waals surface area contributed by atoms with Crippen molar-refractivity contribution in [3.8, 4) is 0 Å². The first-order valence-corrected chi connectivity index (χ1v) is 8.70. The van der Waals surface area contributed by atoms with Crippen LogP contribution in [-0.4, -0.2) is 32.6 Å². The van der Waals surface area contributed by atoms with Crippen LogP contribution in [0.15, 0.2) is 12.3 Å². The molecule has 0 amide bonds. The van der Waals surface area contributed by atoms with Crippen LogP contribution in [0.1, 0.15) is 20.3 Å². The predicted octanol–water partition coefficient (Wildman–Crippen LogP) is 3.15. The zero-order valence-electron chi connectivity index (χ0n) is 9.77. The second-order valence-electron chi connectivity index (χ2n) is 4.38. The van der Waals surface area contributed by atoms with Crippen LogP contribution < -0.4 is 0 Å². The van der Waals surface area contributed by atoms with Crippen LogP contribution in [0, 0.1) is 0 Å². The van der Waals surface area contributed by atoms with E-state index in [9.17, 15) is 0 Å². The van der Waals surface area contributed by atoms with Gasteiger partial charge in [-0.25, -0.2) is 0 Å². The Balaban J connectivity index is 3.77. The fourth-order valence-corrected chi connectivity index (χ4v) is 2.39. The van der Waals surface area contributed by atoms with Crippen LogP contribution in [0.3, 0.4) is 0 Å². The molecule has 2 heteroatoms. The Labute approximate surface area is 84.8 Å². The lowest BCUT2D eigenvalue weighted by Crippen LogP contribution is -2.32. The third-order valence-electron chi connectivity index (χ3n) is 2.61. The predicted molar refractivity (Wildman–Crippen MR) is 64.9 cm³/mol. The first kappa shape index (κ1) is 12.9. The fraction of sp³-hybridized carbons (Fsp3) is 0.818. The molecule has 0 bridgehead atoms. The van der Waals surface area contributed by atoms with E-state index in [1.165, 1.54) is 32.1 Å². The molecule has 0 saturated carbocycles. The Hall–Kier alpha value is -0.0831. The van der Waals surface area contributed by atoms with Crippen molar-refractivity contribution in [1.82, 2.24) is 4.90 Å². The maximum Gasteiger partial charge on any atom is 0.0722 e. The van der Waals surface area contributed by atoms with Crippen molar-refractivity contribution in [2.24, 2.45) is 0 Å². The van der Waals surface area contributed by atoms with Gasteiger partial charge in [-0.1, -0.05) is 26.9 Å². The highest BCUT2D eigenvalue weighted by Crippen LogP contribution is 2.10. The van der Waals surface area contributed by atoms with Crippen molar-refractivity contribution in [2.45, 2.75) is 39.4 Å². The minimum atomic E-state index is -1.06. The highest BCUT2D eigenvalue weighted by atomic mass is 28.3. The van der Waals surface area contributed by atoms with Gasteiger partial charge in [-0.15, -0.1) is 12.3 Å². The van der Waals surface area contributed by atoms with E-state index in [4.69, 9.17) is 0 Å². The number of hydrogen-bond acceptors (Lipinski definition) is 1. The van der Waals surface area contributed by atoms with Gasteiger partial charge in [-0.3, -0.25) is 0 Å². The summed E-state index contributed by atoms with van der Waals surface area (Å²) >= 11 is 0. The lowest BCUT2D eigenvalue weighted by molar-refractivity contribution is 0.303. The topological polar surface area (TPSA) is 3.24 Å². The van der Waals surface area contributed by atoms with Gasteiger partial charge in [0, 0.05) is 0 Å². The van der Waals surface area contributed by atoms with Crippen molar-refractivity contribution >= 4 is 8.07 Å². The Kier molecular flexibility index (Phi) is 6.34. The smallest absolute Gasteiger partial charge is 0.0722 e. The molecule has 0 saturated heterocycles. The van der Waals surface area contributed by atoms with Crippen molar-refractivity contribution in [3.05, 3.63) is 12.3 Å². The molecule has 0 unspecified atom stereocenters. The second-order valence-corrected chi connectivity index (χ2v) is 9.26. The number of nitrogens with zero attached hydrogens (tertiary/aromatic N) is 1. The van der Waals surface area contributed by atoms with Gasteiger partial charge in [-0.2, -0.15) is 0 Å². The van der Waals surface area contributed by atoms with E-state index in [1.807, 2.05) is 0 Å². The van der Waals surface area contributed by atoms with E-state index in [2.05, 4.69) is 44.1 Å². The normalized spacial score (nSPS) is 12.1. The van der Waals surface area contributed by atoms with Gasteiger partial charge in [0.2, 0.25) is 0 Å². The molecule has 0 aromatic rings. The third-order valence-corrected chi connectivity index (χ3v) is 5.23. The van der Waals surface area contributed by atoms with Crippen LogP contribution in [0.4, 0.5) is 0 Å². The molecule has 0 aliphatic carbocycles. The maximum atomic E-state index is 3.93. The molecule has 78 valence electrons. The summed E-state index contributed by atoms with van der Waals surface area (Å²) in [7, 11) is -1.06. The first-order valence-electron chi connectivity index (χ1n) is 5.41. The van der Waals surface area contributed by atoms with E-state index >= 15 is 0 Å². The summed E-state index contributed by atoms with van der Waals surface area (Å²) in [6, 6.07) is 1.35. The van der Waals surface area contributed by atoms with Gasteiger partial charge >= 0.3 is 0 Å². The highest BCUT2D eigenvalue weighted by molar-refractivity contribution is 6.82. The van der Waals surface area contributed by atoms with Crippen LogP contribution in [-0.2, 0) is 0 Å². The average molecular weight is 199 g/mol. The summed E-state index contributed by atoms with van der Waals surface area (Å²) in [6.45, 7) is 16.9. The third kappa shape index (κ3) is 6.05. The summed E-state index contributed by atoms with van der Waals surface area (Å²) in [4.78, 5) is 2.54. The van der Waals surface area contributed by atoms with E-state index in [0.717, 1.165) is 0 Å². The molecule has 0 heterocycles. The van der Waals surface area contributed by atoms with Crippen LogP contribution in [0.2, 0.25) is 19.1 Å². The lowest BCUT2D eigenvalue weighted by atomic mass is 10.4. The molecule has 0 aromatic heterocycles. The second kappa shape index (κ2) is 6.38. The van der Waals surface area contributed by atoms with Gasteiger partial charge in [0.05, 0.1) is 8.07 Å². The van der Waals surface area contributed by atoms with Crippen LogP contribution in [0.25, 0.3) is 0 Å². The molecule has 0 aliphatic rings. The molecule has 13 heavy (non-hydrogen) atoms. The molecule has 0 radical (unpaired) electrons. The summed E-state index contributed by atoms with van der Waals surface area (Å²) in [5.74, 6) is 0. The van der Waals surface area contributed by atoms with Crippen molar-refractivity contribution < 1.29 is 0 Å². The zero-order valence-corrected chi connectivity index (χ0v) is 10.8. The van der Waals surface area contributed by atoms with Gasteiger partial charge in [0.15, 0.2) is 0 Å². The number of hydrogen-bond donors (Lipinski definition) is 0. The van der Waals surface area contributed by atoms with Crippen molar-refractivity contribution in [2.75, 3.05) is 19.6 Å². The maximum absolute atomic E-state index is 3.93. The van der Waals surface area contributed by atoms with Gasteiger partial charge in [-0.05, 0) is 32.1 Å². The Morgan fingerprint density at radius 2 is 1.85 bits per heavy atom. The molecule has 0 aliphatic heterocycles. The fourth-order valence-electron chi connectivity index (χ4n) is 1.29. The van der Waals surface area contributed by atoms with E-state index in [0.29, 0.717) is 0 Å². The van der Waals surface area contributed by atoms with Gasteiger partial charge in [0.25, 0.3) is 0 Å². The van der Waals surface area contributed by atoms with Crippen molar-refractivity contribution in [3.63, 3.8) is 0 Å². The Bertz CT molecular complexity index is 143. The molecule has 0 rings (SSSR count). The zero-order chi connectivity index (χ0) is 10.3. The summed E-state index contributed by atoms with van der Waals surface area (Å²) < 4.78 is 0. The molecule has 0 spiro atoms. The highest BCUT2D eigenvalue weighted by Gasteiger charge is 2.16. The average Bonchev–Trinajstić information content (AvgIpc) is 2.12. The largest absolute Gasteiger partial charge is 0.304 e. The van der Waals surface area contributed by atoms with Gasteiger partial charge < -0.3 is 4.90 Å². The molecular formula is C11H25NSi. The Morgan fingerprint density at radius 1 is 1.23 bits per heavy atom. The minimum Gasteiger partial charge on any atom is -0.304 e. The Morgan fingerprint density at radius 3 is 2.23 bits per heavy atom. The monoisotopic (exact) mass is 199 g/mol. The molecule has 0 N–H and O–H groups in total. The first-order chi connectivity index (χ1) is 6.05.